The molecule has 0 bridgehead atoms. The molecule has 2 unspecified atom stereocenters. The van der Waals surface area contributed by atoms with Gasteiger partial charge >= 0.3 is 12.1 Å². The quantitative estimate of drug-likeness (QED) is 0.618. The number of ether oxygens (including phenoxy) is 2. The molecule has 1 aliphatic heterocycles. The summed E-state index contributed by atoms with van der Waals surface area (Å²) in [4.78, 5) is 39.0. The first kappa shape index (κ1) is 23.8. The predicted molar refractivity (Wildman–Crippen MR) is 125 cm³/mol. The lowest BCUT2D eigenvalue weighted by atomic mass is 9.95. The van der Waals surface area contributed by atoms with Crippen LogP contribution in [0.15, 0.2) is 48.5 Å². The van der Waals surface area contributed by atoms with Gasteiger partial charge in [-0.25, -0.2) is 4.79 Å². The zero-order valence-corrected chi connectivity index (χ0v) is 19.5. The normalized spacial score (nSPS) is 19.7. The van der Waals surface area contributed by atoms with Crippen molar-refractivity contribution in [2.24, 2.45) is 0 Å². The number of amides is 2. The molecule has 2 aromatic rings. The minimum Gasteiger partial charge on any atom is -0.480 e. The van der Waals surface area contributed by atoms with Crippen molar-refractivity contribution >= 4 is 18.0 Å². The number of fused-ring (bicyclic) bond motifs is 3. The van der Waals surface area contributed by atoms with Crippen LogP contribution in [-0.2, 0) is 19.1 Å². The number of carboxylic acids is 1. The molecule has 1 heterocycles. The topological polar surface area (TPSA) is 105 Å². The Morgan fingerprint density at radius 1 is 1.15 bits per heavy atom. The zero-order chi connectivity index (χ0) is 24.3. The molecule has 4 rings (SSSR count). The minimum absolute atomic E-state index is 0.0252. The molecule has 0 spiro atoms. The maximum atomic E-state index is 13.4. The van der Waals surface area contributed by atoms with Crippen LogP contribution < -0.4 is 5.32 Å². The fourth-order valence-electron chi connectivity index (χ4n) is 4.78. The van der Waals surface area contributed by atoms with Gasteiger partial charge in [-0.05, 0) is 35.6 Å². The number of benzene rings is 2. The van der Waals surface area contributed by atoms with Gasteiger partial charge in [0.2, 0.25) is 0 Å². The highest BCUT2D eigenvalue weighted by Crippen LogP contribution is 2.44. The molecule has 1 saturated heterocycles. The van der Waals surface area contributed by atoms with Gasteiger partial charge in [0, 0.05) is 25.0 Å². The molecule has 8 nitrogen and oxygen atoms in total. The van der Waals surface area contributed by atoms with Crippen molar-refractivity contribution < 1.29 is 29.0 Å². The number of hydrogen-bond acceptors (Lipinski definition) is 5. The summed E-state index contributed by atoms with van der Waals surface area (Å²) in [6, 6.07) is 15.8. The Balaban J connectivity index is 1.49. The van der Waals surface area contributed by atoms with Crippen molar-refractivity contribution in [2.75, 3.05) is 26.4 Å². The molecule has 2 amide bonds. The number of alkyl carbamates (subject to hydrolysis) is 1. The van der Waals surface area contributed by atoms with Crippen LogP contribution >= 0.6 is 0 Å². The van der Waals surface area contributed by atoms with E-state index >= 15 is 0 Å². The first-order chi connectivity index (χ1) is 16.4. The van der Waals surface area contributed by atoms with Crippen LogP contribution in [0.1, 0.15) is 43.7 Å². The highest BCUT2D eigenvalue weighted by molar-refractivity contribution is 5.92. The Bertz CT molecular complexity index is 1030. The molecule has 34 heavy (non-hydrogen) atoms. The molecule has 1 aliphatic carbocycles. The predicted octanol–water partition coefficient (Wildman–Crippen LogP) is 3.40. The van der Waals surface area contributed by atoms with Crippen molar-refractivity contribution in [1.82, 2.24) is 10.2 Å². The molecule has 0 aromatic heterocycles. The molecule has 2 atom stereocenters. The average Bonchev–Trinajstić information content (AvgIpc) is 3.43. The van der Waals surface area contributed by atoms with E-state index < -0.39 is 30.1 Å². The van der Waals surface area contributed by atoms with Crippen LogP contribution in [0.5, 0.6) is 0 Å². The standard InChI is InChI=1S/C26H30N2O6/c1-3-17(2)28(14-23(29)30)24(31)26(12-13-33-16-26)27-25(32)34-15-22-20-10-6-4-8-18(20)19-9-5-7-11-21(19)22/h4-11,17,22H,3,12-16H2,1-2H3,(H,27,32)(H,29,30). The molecular weight excluding hydrogens is 436 g/mol. The van der Waals surface area contributed by atoms with Gasteiger partial charge in [0.25, 0.3) is 5.91 Å². The minimum atomic E-state index is -1.35. The molecule has 0 radical (unpaired) electrons. The second-order valence-corrected chi connectivity index (χ2v) is 8.92. The zero-order valence-electron chi connectivity index (χ0n) is 19.5. The van der Waals surface area contributed by atoms with E-state index in [1.165, 1.54) is 4.90 Å². The van der Waals surface area contributed by atoms with E-state index in [2.05, 4.69) is 17.4 Å². The summed E-state index contributed by atoms with van der Waals surface area (Å²) in [7, 11) is 0. The first-order valence-corrected chi connectivity index (χ1v) is 11.6. The van der Waals surface area contributed by atoms with Gasteiger partial charge in [0.15, 0.2) is 0 Å². The number of nitrogens with one attached hydrogen (secondary N) is 1. The van der Waals surface area contributed by atoms with E-state index in [1.807, 2.05) is 43.3 Å². The molecule has 8 heteroatoms. The number of carbonyl (C=O) groups excluding carboxylic acids is 2. The maximum absolute atomic E-state index is 13.4. The summed E-state index contributed by atoms with van der Waals surface area (Å²) in [5, 5.41) is 12.0. The highest BCUT2D eigenvalue weighted by Gasteiger charge is 2.47. The fraction of sp³-hybridized carbons (Fsp3) is 0.423. The van der Waals surface area contributed by atoms with Crippen molar-refractivity contribution in [3.05, 3.63) is 59.7 Å². The number of carbonyl (C=O) groups is 3. The van der Waals surface area contributed by atoms with E-state index in [0.717, 1.165) is 22.3 Å². The van der Waals surface area contributed by atoms with Gasteiger partial charge in [0.1, 0.15) is 18.7 Å². The van der Waals surface area contributed by atoms with Crippen molar-refractivity contribution in [3.8, 4) is 11.1 Å². The van der Waals surface area contributed by atoms with Crippen molar-refractivity contribution in [2.45, 2.75) is 44.2 Å². The van der Waals surface area contributed by atoms with E-state index in [4.69, 9.17) is 9.47 Å². The van der Waals surface area contributed by atoms with E-state index in [0.29, 0.717) is 6.42 Å². The number of hydrogen-bond donors (Lipinski definition) is 2. The van der Waals surface area contributed by atoms with Crippen LogP contribution in [0.4, 0.5) is 4.79 Å². The third kappa shape index (κ3) is 4.50. The van der Waals surface area contributed by atoms with Gasteiger partial charge in [-0.15, -0.1) is 0 Å². The van der Waals surface area contributed by atoms with E-state index in [1.54, 1.807) is 6.92 Å². The molecule has 1 fully saturated rings. The number of aliphatic carboxylic acids is 1. The van der Waals surface area contributed by atoms with Crippen molar-refractivity contribution in [3.63, 3.8) is 0 Å². The maximum Gasteiger partial charge on any atom is 0.408 e. The fourth-order valence-corrected chi connectivity index (χ4v) is 4.78. The molecular formula is C26H30N2O6. The molecule has 2 aromatic carbocycles. The molecule has 0 saturated carbocycles. The van der Waals surface area contributed by atoms with Crippen LogP contribution in [0.2, 0.25) is 0 Å². The highest BCUT2D eigenvalue weighted by atomic mass is 16.6. The summed E-state index contributed by atoms with van der Waals surface area (Å²) in [5.41, 5.74) is 3.09. The lowest BCUT2D eigenvalue weighted by Crippen LogP contribution is -2.62. The summed E-state index contributed by atoms with van der Waals surface area (Å²) in [6.07, 6.45) is 0.115. The van der Waals surface area contributed by atoms with E-state index in [9.17, 15) is 19.5 Å². The Kier molecular flexibility index (Phi) is 6.88. The van der Waals surface area contributed by atoms with Crippen LogP contribution in [0.3, 0.4) is 0 Å². The van der Waals surface area contributed by atoms with Gasteiger partial charge < -0.3 is 24.8 Å². The Morgan fingerprint density at radius 2 is 1.76 bits per heavy atom. The smallest absolute Gasteiger partial charge is 0.408 e. The van der Waals surface area contributed by atoms with E-state index in [-0.39, 0.29) is 38.2 Å². The van der Waals surface area contributed by atoms with Gasteiger partial charge in [0.05, 0.1) is 6.61 Å². The van der Waals surface area contributed by atoms with Crippen LogP contribution in [0.25, 0.3) is 11.1 Å². The second-order valence-electron chi connectivity index (χ2n) is 8.92. The summed E-state index contributed by atoms with van der Waals surface area (Å²) < 4.78 is 11.1. The third-order valence-corrected chi connectivity index (χ3v) is 6.81. The summed E-state index contributed by atoms with van der Waals surface area (Å²) in [5.74, 6) is -1.67. The number of nitrogens with zero attached hydrogens (tertiary/aromatic N) is 1. The van der Waals surface area contributed by atoms with Gasteiger partial charge in [-0.1, -0.05) is 55.5 Å². The Labute approximate surface area is 198 Å². The van der Waals surface area contributed by atoms with Crippen molar-refractivity contribution in [1.29, 1.82) is 0 Å². The summed E-state index contributed by atoms with van der Waals surface area (Å²) in [6.45, 7) is 3.61. The van der Waals surface area contributed by atoms with Crippen LogP contribution in [-0.4, -0.2) is 65.9 Å². The van der Waals surface area contributed by atoms with Gasteiger partial charge in [-0.2, -0.15) is 0 Å². The molecule has 180 valence electrons. The first-order valence-electron chi connectivity index (χ1n) is 11.6. The monoisotopic (exact) mass is 466 g/mol. The molecule has 2 aliphatic rings. The largest absolute Gasteiger partial charge is 0.480 e. The van der Waals surface area contributed by atoms with Gasteiger partial charge in [-0.3, -0.25) is 9.59 Å². The number of carboxylic acid groups (broad SMARTS) is 1. The SMILES string of the molecule is CCC(C)N(CC(=O)O)C(=O)C1(NC(=O)OCC2c3ccccc3-c3ccccc32)CCOC1. The number of rotatable bonds is 8. The van der Waals surface area contributed by atoms with Crippen LogP contribution in [0, 0.1) is 0 Å². The lowest BCUT2D eigenvalue weighted by Gasteiger charge is -2.36. The lowest BCUT2D eigenvalue weighted by molar-refractivity contribution is -0.149. The Morgan fingerprint density at radius 3 is 2.29 bits per heavy atom. The average molecular weight is 467 g/mol. The Hall–Kier alpha value is -3.39. The summed E-state index contributed by atoms with van der Waals surface area (Å²) >= 11 is 0. The third-order valence-electron chi connectivity index (χ3n) is 6.81. The molecule has 2 N–H and O–H groups in total. The second kappa shape index (κ2) is 9.85.